The summed E-state index contributed by atoms with van der Waals surface area (Å²) in [6.45, 7) is 4.88. The number of aromatic nitrogens is 2. The predicted molar refractivity (Wildman–Crippen MR) is 61.0 cm³/mol. The number of anilines is 1. The summed E-state index contributed by atoms with van der Waals surface area (Å²) < 4.78 is 0. The molecule has 2 rings (SSSR count). The van der Waals surface area contributed by atoms with Crippen LogP contribution in [0, 0.1) is 13.8 Å². The second-order valence-corrected chi connectivity index (χ2v) is 5.12. The SMILES string of the molecule is Cc1nc(NCc2nccs2)sc1C. The lowest BCUT2D eigenvalue weighted by Crippen LogP contribution is -1.97. The first-order valence-corrected chi connectivity index (χ1v) is 6.01. The third-order valence-electron chi connectivity index (χ3n) is 1.90. The van der Waals surface area contributed by atoms with Gasteiger partial charge >= 0.3 is 0 Å². The molecule has 0 aliphatic rings. The molecule has 0 atom stereocenters. The minimum Gasteiger partial charge on any atom is -0.355 e. The standard InChI is InChI=1S/C9H11N3S2/c1-6-7(2)14-9(12-6)11-5-8-10-3-4-13-8/h3-4H,5H2,1-2H3,(H,11,12). The summed E-state index contributed by atoms with van der Waals surface area (Å²) in [5.41, 5.74) is 1.11. The summed E-state index contributed by atoms with van der Waals surface area (Å²) in [6.07, 6.45) is 1.82. The van der Waals surface area contributed by atoms with E-state index < -0.39 is 0 Å². The summed E-state index contributed by atoms with van der Waals surface area (Å²) in [5.74, 6) is 0. The van der Waals surface area contributed by atoms with E-state index in [1.165, 1.54) is 4.88 Å². The molecule has 2 aromatic rings. The Morgan fingerprint density at radius 2 is 2.29 bits per heavy atom. The number of aryl methyl sites for hydroxylation is 2. The fraction of sp³-hybridized carbons (Fsp3) is 0.333. The van der Waals surface area contributed by atoms with Crippen molar-refractivity contribution in [2.45, 2.75) is 20.4 Å². The van der Waals surface area contributed by atoms with Gasteiger partial charge in [0, 0.05) is 16.5 Å². The van der Waals surface area contributed by atoms with Crippen LogP contribution in [0.4, 0.5) is 5.13 Å². The molecule has 0 spiro atoms. The Labute approximate surface area is 90.9 Å². The van der Waals surface area contributed by atoms with E-state index in [1.807, 2.05) is 18.5 Å². The van der Waals surface area contributed by atoms with Crippen LogP contribution in [0.5, 0.6) is 0 Å². The van der Waals surface area contributed by atoms with Gasteiger partial charge in [-0.3, -0.25) is 0 Å². The molecule has 0 radical (unpaired) electrons. The summed E-state index contributed by atoms with van der Waals surface area (Å²) in [7, 11) is 0. The smallest absolute Gasteiger partial charge is 0.183 e. The van der Waals surface area contributed by atoms with Gasteiger partial charge < -0.3 is 5.32 Å². The molecule has 0 unspecified atom stereocenters. The molecule has 0 amide bonds. The molecule has 3 nitrogen and oxygen atoms in total. The number of hydrogen-bond donors (Lipinski definition) is 1. The van der Waals surface area contributed by atoms with Crippen molar-refractivity contribution in [1.82, 2.24) is 9.97 Å². The summed E-state index contributed by atoms with van der Waals surface area (Å²) in [5, 5.41) is 7.32. The van der Waals surface area contributed by atoms with Crippen molar-refractivity contribution in [3.8, 4) is 0 Å². The zero-order valence-corrected chi connectivity index (χ0v) is 9.71. The molecule has 14 heavy (non-hydrogen) atoms. The van der Waals surface area contributed by atoms with Gasteiger partial charge in [0.2, 0.25) is 0 Å². The lowest BCUT2D eigenvalue weighted by molar-refractivity contribution is 1.08. The Bertz CT molecular complexity index is 386. The third kappa shape index (κ3) is 2.10. The van der Waals surface area contributed by atoms with Crippen LogP contribution in [-0.2, 0) is 6.54 Å². The minimum atomic E-state index is 0.768. The van der Waals surface area contributed by atoms with Gasteiger partial charge in [-0.05, 0) is 13.8 Å². The Morgan fingerprint density at radius 1 is 1.43 bits per heavy atom. The molecular formula is C9H11N3S2. The molecule has 1 N–H and O–H groups in total. The maximum absolute atomic E-state index is 4.39. The lowest BCUT2D eigenvalue weighted by Gasteiger charge is -1.97. The van der Waals surface area contributed by atoms with E-state index in [2.05, 4.69) is 22.2 Å². The second kappa shape index (κ2) is 4.06. The molecule has 2 aromatic heterocycles. The van der Waals surface area contributed by atoms with Crippen LogP contribution in [-0.4, -0.2) is 9.97 Å². The summed E-state index contributed by atoms with van der Waals surface area (Å²) in [4.78, 5) is 9.86. The van der Waals surface area contributed by atoms with Gasteiger partial charge in [0.1, 0.15) is 5.01 Å². The summed E-state index contributed by atoms with van der Waals surface area (Å²) in [6, 6.07) is 0. The molecule has 0 aliphatic heterocycles. The summed E-state index contributed by atoms with van der Waals surface area (Å²) >= 11 is 3.35. The maximum Gasteiger partial charge on any atom is 0.183 e. The average Bonchev–Trinajstić information content (AvgIpc) is 2.74. The van der Waals surface area contributed by atoms with E-state index in [9.17, 15) is 0 Å². The normalized spacial score (nSPS) is 10.4. The van der Waals surface area contributed by atoms with Crippen molar-refractivity contribution in [3.05, 3.63) is 27.2 Å². The highest BCUT2D eigenvalue weighted by Crippen LogP contribution is 2.21. The molecule has 0 saturated carbocycles. The third-order valence-corrected chi connectivity index (χ3v) is 3.71. The number of rotatable bonds is 3. The monoisotopic (exact) mass is 225 g/mol. The number of nitrogens with one attached hydrogen (secondary N) is 1. The van der Waals surface area contributed by atoms with E-state index in [-0.39, 0.29) is 0 Å². The molecular weight excluding hydrogens is 214 g/mol. The fourth-order valence-electron chi connectivity index (χ4n) is 1.04. The van der Waals surface area contributed by atoms with E-state index >= 15 is 0 Å². The highest BCUT2D eigenvalue weighted by atomic mass is 32.1. The molecule has 0 aromatic carbocycles. The molecule has 0 saturated heterocycles. The van der Waals surface area contributed by atoms with Crippen LogP contribution in [0.3, 0.4) is 0 Å². The van der Waals surface area contributed by atoms with Crippen LogP contribution in [0.25, 0.3) is 0 Å². The van der Waals surface area contributed by atoms with Gasteiger partial charge in [0.25, 0.3) is 0 Å². The Morgan fingerprint density at radius 3 is 2.86 bits per heavy atom. The fourth-order valence-corrected chi connectivity index (χ4v) is 2.41. The van der Waals surface area contributed by atoms with Crippen LogP contribution < -0.4 is 5.32 Å². The predicted octanol–water partition coefficient (Wildman–Crippen LogP) is 2.83. The zero-order valence-electron chi connectivity index (χ0n) is 8.07. The van der Waals surface area contributed by atoms with Crippen molar-refractivity contribution in [1.29, 1.82) is 0 Å². The number of nitrogens with zero attached hydrogens (tertiary/aromatic N) is 2. The quantitative estimate of drug-likeness (QED) is 0.873. The molecule has 5 heteroatoms. The van der Waals surface area contributed by atoms with Crippen LogP contribution in [0.15, 0.2) is 11.6 Å². The van der Waals surface area contributed by atoms with Gasteiger partial charge in [0.15, 0.2) is 5.13 Å². The van der Waals surface area contributed by atoms with Gasteiger partial charge in [-0.25, -0.2) is 9.97 Å². The highest BCUT2D eigenvalue weighted by Gasteiger charge is 2.03. The van der Waals surface area contributed by atoms with Gasteiger partial charge in [-0.1, -0.05) is 0 Å². The van der Waals surface area contributed by atoms with Crippen molar-refractivity contribution in [2.24, 2.45) is 0 Å². The Balaban J connectivity index is 1.98. The van der Waals surface area contributed by atoms with E-state index in [0.717, 1.165) is 22.4 Å². The van der Waals surface area contributed by atoms with Crippen LogP contribution in [0.1, 0.15) is 15.6 Å². The van der Waals surface area contributed by atoms with Crippen molar-refractivity contribution in [3.63, 3.8) is 0 Å². The second-order valence-electron chi connectivity index (χ2n) is 2.94. The van der Waals surface area contributed by atoms with Crippen molar-refractivity contribution >= 4 is 27.8 Å². The first kappa shape index (κ1) is 9.61. The maximum atomic E-state index is 4.39. The molecule has 0 aliphatic carbocycles. The topological polar surface area (TPSA) is 37.8 Å². The molecule has 2 heterocycles. The van der Waals surface area contributed by atoms with Crippen LogP contribution in [0.2, 0.25) is 0 Å². The molecule has 0 fully saturated rings. The first-order valence-electron chi connectivity index (χ1n) is 4.32. The Kier molecular flexibility index (Phi) is 2.79. The lowest BCUT2D eigenvalue weighted by atomic mass is 10.4. The van der Waals surface area contributed by atoms with E-state index in [0.29, 0.717) is 0 Å². The number of thiazole rings is 2. The first-order chi connectivity index (χ1) is 6.75. The minimum absolute atomic E-state index is 0.768. The largest absolute Gasteiger partial charge is 0.355 e. The van der Waals surface area contributed by atoms with Gasteiger partial charge in [-0.2, -0.15) is 0 Å². The van der Waals surface area contributed by atoms with E-state index in [1.54, 1.807) is 22.7 Å². The van der Waals surface area contributed by atoms with Crippen LogP contribution >= 0.6 is 22.7 Å². The Hall–Kier alpha value is -0.940. The molecule has 74 valence electrons. The van der Waals surface area contributed by atoms with Crippen molar-refractivity contribution < 1.29 is 0 Å². The van der Waals surface area contributed by atoms with E-state index in [4.69, 9.17) is 0 Å². The van der Waals surface area contributed by atoms with Gasteiger partial charge in [-0.15, -0.1) is 22.7 Å². The van der Waals surface area contributed by atoms with Crippen molar-refractivity contribution in [2.75, 3.05) is 5.32 Å². The average molecular weight is 225 g/mol. The van der Waals surface area contributed by atoms with Gasteiger partial charge in [0.05, 0.1) is 12.2 Å². The highest BCUT2D eigenvalue weighted by molar-refractivity contribution is 7.15. The molecule has 0 bridgehead atoms. The zero-order chi connectivity index (χ0) is 9.97. The number of hydrogen-bond acceptors (Lipinski definition) is 5.